The van der Waals surface area contributed by atoms with Gasteiger partial charge >= 0.3 is 5.97 Å². The maximum atomic E-state index is 12.6. The van der Waals surface area contributed by atoms with Gasteiger partial charge in [-0.15, -0.1) is 0 Å². The van der Waals surface area contributed by atoms with Crippen LogP contribution < -0.4 is 0 Å². The van der Waals surface area contributed by atoms with Crippen LogP contribution in [-0.4, -0.2) is 34.9 Å². The lowest BCUT2D eigenvalue weighted by molar-refractivity contribution is -0.384. The van der Waals surface area contributed by atoms with E-state index in [0.717, 1.165) is 5.56 Å². The minimum Gasteiger partial charge on any atom is -0.466 e. The van der Waals surface area contributed by atoms with E-state index in [1.54, 1.807) is 30.0 Å². The molecule has 0 radical (unpaired) electrons. The summed E-state index contributed by atoms with van der Waals surface area (Å²) >= 11 is 0. The number of carbonyl (C=O) groups is 2. The number of nitro benzene ring substituents is 1. The zero-order valence-corrected chi connectivity index (χ0v) is 15.6. The Bertz CT molecular complexity index is 832. The van der Waals surface area contributed by atoms with Crippen LogP contribution in [0.1, 0.15) is 24.5 Å². The Balaban J connectivity index is 2.07. The van der Waals surface area contributed by atoms with Gasteiger partial charge in [0.05, 0.1) is 18.0 Å². The molecule has 0 saturated heterocycles. The van der Waals surface area contributed by atoms with Gasteiger partial charge in [-0.25, -0.2) is 0 Å². The topological polar surface area (TPSA) is 89.8 Å². The van der Waals surface area contributed by atoms with Gasteiger partial charge in [0.1, 0.15) is 0 Å². The number of ether oxygens (including phenoxy) is 1. The summed E-state index contributed by atoms with van der Waals surface area (Å²) in [6.07, 6.45) is 3.10. The Labute approximate surface area is 163 Å². The fourth-order valence-corrected chi connectivity index (χ4v) is 2.51. The lowest BCUT2D eigenvalue weighted by Gasteiger charge is -2.21. The second-order valence-electron chi connectivity index (χ2n) is 5.98. The summed E-state index contributed by atoms with van der Waals surface area (Å²) < 4.78 is 4.93. The number of hydrogen-bond donors (Lipinski definition) is 0. The first-order valence-corrected chi connectivity index (χ1v) is 8.90. The van der Waals surface area contributed by atoms with Crippen molar-refractivity contribution >= 4 is 23.6 Å². The molecule has 0 unspecified atom stereocenters. The van der Waals surface area contributed by atoms with Crippen LogP contribution in [-0.2, 0) is 20.9 Å². The predicted molar refractivity (Wildman–Crippen MR) is 105 cm³/mol. The highest BCUT2D eigenvalue weighted by Gasteiger charge is 2.14. The molecule has 2 rings (SSSR count). The third kappa shape index (κ3) is 6.68. The molecule has 0 N–H and O–H groups in total. The minimum absolute atomic E-state index is 0.0105. The molecule has 7 heteroatoms. The van der Waals surface area contributed by atoms with Gasteiger partial charge in [-0.3, -0.25) is 19.7 Å². The van der Waals surface area contributed by atoms with E-state index in [1.807, 2.05) is 30.3 Å². The highest BCUT2D eigenvalue weighted by atomic mass is 16.6. The molecule has 7 nitrogen and oxygen atoms in total. The Morgan fingerprint density at radius 2 is 1.79 bits per heavy atom. The number of amides is 1. The van der Waals surface area contributed by atoms with Crippen LogP contribution in [0.25, 0.3) is 6.08 Å². The molecule has 2 aromatic rings. The van der Waals surface area contributed by atoms with Crippen molar-refractivity contribution in [1.29, 1.82) is 0 Å². The smallest absolute Gasteiger partial charge is 0.307 e. The summed E-state index contributed by atoms with van der Waals surface area (Å²) in [5.41, 5.74) is 1.61. The van der Waals surface area contributed by atoms with Crippen molar-refractivity contribution in [1.82, 2.24) is 4.90 Å². The van der Waals surface area contributed by atoms with Crippen LogP contribution in [0.3, 0.4) is 0 Å². The standard InChI is InChI=1S/C21H22N2O5/c1-2-28-21(25)14-15-22(16-18-6-4-3-5-7-18)20(24)13-10-17-8-11-19(12-9-17)23(26)27/h3-13H,2,14-16H2,1H3/b13-10+. The van der Waals surface area contributed by atoms with Crippen molar-refractivity contribution in [3.8, 4) is 0 Å². The van der Waals surface area contributed by atoms with Gasteiger partial charge in [-0.1, -0.05) is 30.3 Å². The van der Waals surface area contributed by atoms with E-state index < -0.39 is 4.92 Å². The van der Waals surface area contributed by atoms with Crippen molar-refractivity contribution in [2.24, 2.45) is 0 Å². The lowest BCUT2D eigenvalue weighted by Crippen LogP contribution is -2.31. The van der Waals surface area contributed by atoms with Crippen LogP contribution in [0.2, 0.25) is 0 Å². The summed E-state index contributed by atoms with van der Waals surface area (Å²) in [5, 5.41) is 10.7. The Morgan fingerprint density at radius 3 is 2.39 bits per heavy atom. The second kappa shape index (κ2) is 10.6. The van der Waals surface area contributed by atoms with Gasteiger partial charge in [-0.2, -0.15) is 0 Å². The normalized spacial score (nSPS) is 10.6. The fourth-order valence-electron chi connectivity index (χ4n) is 2.51. The molecule has 0 heterocycles. The molecule has 0 aliphatic heterocycles. The zero-order valence-electron chi connectivity index (χ0n) is 15.6. The lowest BCUT2D eigenvalue weighted by atomic mass is 10.1. The molecule has 0 fully saturated rings. The number of rotatable bonds is 9. The number of nitrogens with zero attached hydrogens (tertiary/aromatic N) is 2. The molecule has 1 amide bonds. The number of nitro groups is 1. The highest BCUT2D eigenvalue weighted by Crippen LogP contribution is 2.13. The monoisotopic (exact) mass is 382 g/mol. The summed E-state index contributed by atoms with van der Waals surface area (Å²) in [6, 6.07) is 15.4. The summed E-state index contributed by atoms with van der Waals surface area (Å²) in [5.74, 6) is -0.612. The largest absolute Gasteiger partial charge is 0.466 e. The first kappa shape index (κ1) is 20.8. The Kier molecular flexibility index (Phi) is 7.90. The summed E-state index contributed by atoms with van der Waals surface area (Å²) in [6.45, 7) is 2.63. The Hall–Kier alpha value is -3.48. The number of hydrogen-bond acceptors (Lipinski definition) is 5. The van der Waals surface area contributed by atoms with E-state index in [9.17, 15) is 19.7 Å². The van der Waals surface area contributed by atoms with Crippen LogP contribution >= 0.6 is 0 Å². The molecule has 0 atom stereocenters. The molecule has 0 bridgehead atoms. The molecule has 2 aromatic carbocycles. The van der Waals surface area contributed by atoms with E-state index >= 15 is 0 Å². The van der Waals surface area contributed by atoms with Crippen molar-refractivity contribution in [3.05, 3.63) is 81.9 Å². The Morgan fingerprint density at radius 1 is 1.11 bits per heavy atom. The van der Waals surface area contributed by atoms with Gasteiger partial charge in [0.15, 0.2) is 0 Å². The first-order valence-electron chi connectivity index (χ1n) is 8.90. The maximum Gasteiger partial charge on any atom is 0.307 e. The maximum absolute atomic E-state index is 12.6. The number of benzene rings is 2. The third-order valence-electron chi connectivity index (χ3n) is 3.94. The van der Waals surface area contributed by atoms with Crippen LogP contribution in [0.15, 0.2) is 60.7 Å². The van der Waals surface area contributed by atoms with Gasteiger partial charge in [0.25, 0.3) is 5.69 Å². The van der Waals surface area contributed by atoms with Crippen molar-refractivity contribution < 1.29 is 19.2 Å². The summed E-state index contributed by atoms with van der Waals surface area (Å²) in [4.78, 5) is 36.1. The highest BCUT2D eigenvalue weighted by molar-refractivity contribution is 5.92. The summed E-state index contributed by atoms with van der Waals surface area (Å²) in [7, 11) is 0. The average molecular weight is 382 g/mol. The van der Waals surface area contributed by atoms with Gasteiger partial charge in [-0.05, 0) is 36.3 Å². The van der Waals surface area contributed by atoms with E-state index in [-0.39, 0.29) is 30.5 Å². The molecule has 0 aliphatic carbocycles. The number of carbonyl (C=O) groups excluding carboxylic acids is 2. The fraction of sp³-hybridized carbons (Fsp3) is 0.238. The van der Waals surface area contributed by atoms with Crippen LogP contribution in [0, 0.1) is 10.1 Å². The van der Waals surface area contributed by atoms with Crippen molar-refractivity contribution in [2.45, 2.75) is 19.9 Å². The van der Waals surface area contributed by atoms with Crippen LogP contribution in [0.4, 0.5) is 5.69 Å². The SMILES string of the molecule is CCOC(=O)CCN(Cc1ccccc1)C(=O)/C=C/c1ccc([N+](=O)[O-])cc1. The van der Waals surface area contributed by atoms with Gasteiger partial charge in [0, 0.05) is 31.3 Å². The molecular formula is C21H22N2O5. The molecule has 0 aromatic heterocycles. The molecule has 0 spiro atoms. The van der Waals surface area contributed by atoms with E-state index in [0.29, 0.717) is 18.7 Å². The molecule has 146 valence electrons. The third-order valence-corrected chi connectivity index (χ3v) is 3.94. The molecular weight excluding hydrogens is 360 g/mol. The molecule has 28 heavy (non-hydrogen) atoms. The molecule has 0 aliphatic rings. The van der Waals surface area contributed by atoms with Gasteiger partial charge in [0.2, 0.25) is 5.91 Å². The number of non-ortho nitro benzene ring substituents is 1. The van der Waals surface area contributed by atoms with E-state index in [4.69, 9.17) is 4.74 Å². The average Bonchev–Trinajstić information content (AvgIpc) is 2.70. The van der Waals surface area contributed by atoms with Crippen LogP contribution in [0.5, 0.6) is 0 Å². The quantitative estimate of drug-likeness (QED) is 0.286. The van der Waals surface area contributed by atoms with E-state index in [2.05, 4.69) is 0 Å². The van der Waals surface area contributed by atoms with Crippen molar-refractivity contribution in [3.63, 3.8) is 0 Å². The molecule has 0 saturated carbocycles. The number of esters is 1. The zero-order chi connectivity index (χ0) is 20.4. The minimum atomic E-state index is -0.477. The van der Waals surface area contributed by atoms with Crippen molar-refractivity contribution in [2.75, 3.05) is 13.2 Å². The first-order chi connectivity index (χ1) is 13.5. The second-order valence-corrected chi connectivity index (χ2v) is 5.98. The predicted octanol–water partition coefficient (Wildman–Crippen LogP) is 3.59. The van der Waals surface area contributed by atoms with Gasteiger partial charge < -0.3 is 9.64 Å². The van der Waals surface area contributed by atoms with E-state index in [1.165, 1.54) is 18.2 Å².